The number of tetrazole rings is 1. The summed E-state index contributed by atoms with van der Waals surface area (Å²) in [4.78, 5) is 14.6. The summed E-state index contributed by atoms with van der Waals surface area (Å²) in [7, 11) is 0. The molecule has 1 fully saturated rings. The van der Waals surface area contributed by atoms with Crippen molar-refractivity contribution >= 4 is 5.91 Å². The predicted octanol–water partition coefficient (Wildman–Crippen LogP) is 0.836. The van der Waals surface area contributed by atoms with Gasteiger partial charge in [-0.1, -0.05) is 0 Å². The van der Waals surface area contributed by atoms with E-state index in [0.717, 1.165) is 11.5 Å². The third-order valence-electron chi connectivity index (χ3n) is 4.60. The first-order valence-electron chi connectivity index (χ1n) is 8.20. The molecule has 26 heavy (non-hydrogen) atoms. The second kappa shape index (κ2) is 6.26. The summed E-state index contributed by atoms with van der Waals surface area (Å²) in [6.07, 6.45) is 1.42. The summed E-state index contributed by atoms with van der Waals surface area (Å²) >= 11 is 0. The SMILES string of the molecule is Cc1ccc([C@H]2CN(C(=O)c3cc(-n4cnnn4)ccc3O)C[C@@H]2N)o1. The highest BCUT2D eigenvalue weighted by molar-refractivity contribution is 5.97. The molecule has 0 bridgehead atoms. The second-order valence-corrected chi connectivity index (χ2v) is 6.38. The van der Waals surface area contributed by atoms with E-state index in [1.807, 2.05) is 19.1 Å². The number of benzene rings is 1. The van der Waals surface area contributed by atoms with Gasteiger partial charge in [0.05, 0.1) is 17.2 Å². The molecule has 9 heteroatoms. The molecule has 134 valence electrons. The minimum Gasteiger partial charge on any atom is -0.507 e. The zero-order valence-electron chi connectivity index (χ0n) is 14.1. The Balaban J connectivity index is 1.59. The van der Waals surface area contributed by atoms with Gasteiger partial charge in [0.2, 0.25) is 0 Å². The van der Waals surface area contributed by atoms with Gasteiger partial charge in [0.1, 0.15) is 23.6 Å². The van der Waals surface area contributed by atoms with E-state index in [2.05, 4.69) is 15.5 Å². The van der Waals surface area contributed by atoms with Crippen molar-refractivity contribution in [3.63, 3.8) is 0 Å². The van der Waals surface area contributed by atoms with Crippen LogP contribution in [-0.2, 0) is 0 Å². The summed E-state index contributed by atoms with van der Waals surface area (Å²) in [5.74, 6) is 1.12. The highest BCUT2D eigenvalue weighted by Crippen LogP contribution is 2.30. The fraction of sp³-hybridized carbons (Fsp3) is 0.294. The molecule has 0 aliphatic carbocycles. The van der Waals surface area contributed by atoms with E-state index in [1.165, 1.54) is 17.1 Å². The maximum atomic E-state index is 12.9. The average molecular weight is 354 g/mol. The van der Waals surface area contributed by atoms with Crippen LogP contribution in [-0.4, -0.2) is 55.3 Å². The molecule has 2 aromatic heterocycles. The molecule has 1 aliphatic heterocycles. The van der Waals surface area contributed by atoms with Crippen LogP contribution < -0.4 is 5.73 Å². The van der Waals surface area contributed by atoms with Crippen molar-refractivity contribution in [2.45, 2.75) is 18.9 Å². The molecule has 0 radical (unpaired) electrons. The number of rotatable bonds is 3. The maximum absolute atomic E-state index is 12.9. The highest BCUT2D eigenvalue weighted by Gasteiger charge is 2.36. The van der Waals surface area contributed by atoms with Crippen molar-refractivity contribution in [1.82, 2.24) is 25.1 Å². The number of aromatic hydroxyl groups is 1. The van der Waals surface area contributed by atoms with Gasteiger partial charge in [0.15, 0.2) is 0 Å². The van der Waals surface area contributed by atoms with Crippen LogP contribution in [0.3, 0.4) is 0 Å². The predicted molar refractivity (Wildman–Crippen MR) is 90.9 cm³/mol. The van der Waals surface area contributed by atoms with Crippen LogP contribution in [0.1, 0.15) is 27.8 Å². The lowest BCUT2D eigenvalue weighted by molar-refractivity contribution is 0.0785. The number of furan rings is 1. The van der Waals surface area contributed by atoms with Crippen LogP contribution in [0.4, 0.5) is 0 Å². The summed E-state index contributed by atoms with van der Waals surface area (Å²) in [5.41, 5.74) is 6.99. The monoisotopic (exact) mass is 354 g/mol. The molecular formula is C17H18N6O3. The molecule has 3 heterocycles. The zero-order valence-corrected chi connectivity index (χ0v) is 14.1. The quantitative estimate of drug-likeness (QED) is 0.714. The Kier molecular flexibility index (Phi) is 3.92. The van der Waals surface area contributed by atoms with E-state index >= 15 is 0 Å². The van der Waals surface area contributed by atoms with Crippen LogP contribution in [0.2, 0.25) is 0 Å². The first kappa shape index (κ1) is 16.3. The maximum Gasteiger partial charge on any atom is 0.257 e. The topological polar surface area (TPSA) is 123 Å². The van der Waals surface area contributed by atoms with Crippen LogP contribution >= 0.6 is 0 Å². The Bertz CT molecular complexity index is 936. The Morgan fingerprint density at radius 1 is 1.31 bits per heavy atom. The molecule has 9 nitrogen and oxygen atoms in total. The second-order valence-electron chi connectivity index (χ2n) is 6.38. The Morgan fingerprint density at radius 3 is 2.85 bits per heavy atom. The number of nitrogens with zero attached hydrogens (tertiary/aromatic N) is 5. The molecule has 2 atom stereocenters. The Hall–Kier alpha value is -3.20. The third kappa shape index (κ3) is 2.82. The van der Waals surface area contributed by atoms with Crippen molar-refractivity contribution in [3.05, 3.63) is 53.7 Å². The first-order valence-corrected chi connectivity index (χ1v) is 8.20. The standard InChI is InChI=1S/C17H18N6O3/c1-10-2-5-16(26-10)13-7-22(8-14(13)18)17(25)12-6-11(3-4-15(12)24)23-9-19-20-21-23/h2-6,9,13-14,24H,7-8,18H2,1H3/t13-,14-/m0/s1. The number of aryl methyl sites for hydroxylation is 1. The number of phenolic OH excluding ortho intramolecular Hbond substituents is 1. The Morgan fingerprint density at radius 2 is 2.15 bits per heavy atom. The number of hydrogen-bond donors (Lipinski definition) is 2. The third-order valence-corrected chi connectivity index (χ3v) is 4.60. The molecule has 4 rings (SSSR count). The van der Waals surface area contributed by atoms with E-state index in [0.29, 0.717) is 18.8 Å². The molecule has 0 unspecified atom stereocenters. The number of nitrogens with two attached hydrogens (primary N) is 1. The number of hydrogen-bond acceptors (Lipinski definition) is 7. The lowest BCUT2D eigenvalue weighted by Gasteiger charge is -2.17. The average Bonchev–Trinajstić information content (AvgIpc) is 3.35. The van der Waals surface area contributed by atoms with E-state index in [-0.39, 0.29) is 29.2 Å². The van der Waals surface area contributed by atoms with Crippen molar-refractivity contribution in [3.8, 4) is 11.4 Å². The molecule has 3 aromatic rings. The van der Waals surface area contributed by atoms with Gasteiger partial charge in [-0.3, -0.25) is 4.79 Å². The smallest absolute Gasteiger partial charge is 0.257 e. The van der Waals surface area contributed by atoms with Crippen molar-refractivity contribution < 1.29 is 14.3 Å². The number of phenols is 1. The highest BCUT2D eigenvalue weighted by atomic mass is 16.3. The van der Waals surface area contributed by atoms with Crippen molar-refractivity contribution in [2.24, 2.45) is 5.73 Å². The number of amides is 1. The van der Waals surface area contributed by atoms with Gasteiger partial charge in [-0.05, 0) is 47.7 Å². The number of aromatic nitrogens is 4. The van der Waals surface area contributed by atoms with Gasteiger partial charge < -0.3 is 20.2 Å². The van der Waals surface area contributed by atoms with E-state index in [9.17, 15) is 9.90 Å². The van der Waals surface area contributed by atoms with Gasteiger partial charge in [0, 0.05) is 19.1 Å². The first-order chi connectivity index (χ1) is 12.5. The van der Waals surface area contributed by atoms with Crippen molar-refractivity contribution in [1.29, 1.82) is 0 Å². The molecule has 1 saturated heterocycles. The van der Waals surface area contributed by atoms with Crippen LogP contribution in [0.15, 0.2) is 41.1 Å². The fourth-order valence-corrected chi connectivity index (χ4v) is 3.24. The van der Waals surface area contributed by atoms with Crippen LogP contribution in [0.25, 0.3) is 5.69 Å². The molecule has 0 saturated carbocycles. The lowest BCUT2D eigenvalue weighted by atomic mass is 10.0. The lowest BCUT2D eigenvalue weighted by Crippen LogP contribution is -2.32. The molecule has 3 N–H and O–H groups in total. The number of carbonyl (C=O) groups excluding carboxylic acids is 1. The minimum absolute atomic E-state index is 0.0718. The van der Waals surface area contributed by atoms with E-state index < -0.39 is 0 Å². The Labute approximate surface area is 149 Å². The minimum atomic E-state index is -0.293. The zero-order chi connectivity index (χ0) is 18.3. The van der Waals surface area contributed by atoms with Crippen LogP contribution in [0.5, 0.6) is 5.75 Å². The summed E-state index contributed by atoms with van der Waals surface area (Å²) in [6, 6.07) is 8.19. The van der Waals surface area contributed by atoms with E-state index in [1.54, 1.807) is 17.0 Å². The van der Waals surface area contributed by atoms with Gasteiger partial charge in [0.25, 0.3) is 5.91 Å². The van der Waals surface area contributed by atoms with Gasteiger partial charge in [-0.2, -0.15) is 0 Å². The van der Waals surface area contributed by atoms with Gasteiger partial charge in [-0.25, -0.2) is 4.68 Å². The largest absolute Gasteiger partial charge is 0.507 e. The summed E-state index contributed by atoms with van der Waals surface area (Å²) in [6.45, 7) is 2.69. The van der Waals surface area contributed by atoms with Gasteiger partial charge >= 0.3 is 0 Å². The number of carbonyl (C=O) groups is 1. The molecular weight excluding hydrogens is 336 g/mol. The number of likely N-dealkylation sites (tertiary alicyclic amines) is 1. The molecule has 0 spiro atoms. The molecule has 1 aliphatic rings. The normalized spacial score (nSPS) is 19.8. The van der Waals surface area contributed by atoms with Crippen LogP contribution in [0, 0.1) is 6.92 Å². The van der Waals surface area contributed by atoms with E-state index in [4.69, 9.17) is 10.2 Å². The summed E-state index contributed by atoms with van der Waals surface area (Å²) in [5, 5.41) is 21.1. The van der Waals surface area contributed by atoms with Gasteiger partial charge in [-0.15, -0.1) is 5.10 Å². The molecule has 1 aromatic carbocycles. The molecule has 1 amide bonds. The van der Waals surface area contributed by atoms with Crippen molar-refractivity contribution in [2.75, 3.05) is 13.1 Å². The summed E-state index contributed by atoms with van der Waals surface area (Å²) < 4.78 is 7.09. The fourth-order valence-electron chi connectivity index (χ4n) is 3.24.